The van der Waals surface area contributed by atoms with Crippen molar-refractivity contribution in [3.63, 3.8) is 0 Å². The lowest BCUT2D eigenvalue weighted by Crippen LogP contribution is -2.58. The number of hydrogen-bond donors (Lipinski definition) is 2. The van der Waals surface area contributed by atoms with E-state index in [1.165, 1.54) is 19.3 Å². The lowest BCUT2D eigenvalue weighted by Gasteiger charge is -2.40. The molecular formula is C10H22N2. The molecule has 0 spiro atoms. The van der Waals surface area contributed by atoms with Gasteiger partial charge >= 0.3 is 0 Å². The quantitative estimate of drug-likeness (QED) is 0.662. The molecule has 0 saturated heterocycles. The highest BCUT2D eigenvalue weighted by molar-refractivity contribution is 4.97. The Morgan fingerprint density at radius 2 is 1.58 bits per heavy atom. The van der Waals surface area contributed by atoms with Crippen LogP contribution in [0.4, 0.5) is 0 Å². The lowest BCUT2D eigenvalue weighted by molar-refractivity contribution is 0.212. The second kappa shape index (κ2) is 3.75. The summed E-state index contributed by atoms with van der Waals surface area (Å²) in [6, 6.07) is 0.179. The third-order valence-electron chi connectivity index (χ3n) is 3.17. The predicted octanol–water partition coefficient (Wildman–Crippen LogP) is 1.63. The van der Waals surface area contributed by atoms with Crippen LogP contribution in [0.1, 0.15) is 46.0 Å². The molecule has 2 heteroatoms. The molecule has 1 rings (SSSR count). The van der Waals surface area contributed by atoms with E-state index in [0.717, 1.165) is 12.8 Å². The van der Waals surface area contributed by atoms with E-state index in [0.29, 0.717) is 5.92 Å². The zero-order chi connectivity index (χ0) is 9.19. The Morgan fingerprint density at radius 3 is 2.00 bits per heavy atom. The molecule has 2 nitrogen and oxygen atoms in total. The molecule has 12 heavy (non-hydrogen) atoms. The Kier molecular flexibility index (Phi) is 3.13. The van der Waals surface area contributed by atoms with Gasteiger partial charge in [-0.05, 0) is 18.8 Å². The van der Waals surface area contributed by atoms with Crippen molar-refractivity contribution in [1.82, 2.24) is 0 Å². The van der Waals surface area contributed by atoms with Crippen LogP contribution in [0.5, 0.6) is 0 Å². The SMILES string of the molecule is CC(C)C(N)C1(N)CCCCC1. The predicted molar refractivity (Wildman–Crippen MR) is 52.8 cm³/mol. The van der Waals surface area contributed by atoms with Gasteiger partial charge in [-0.2, -0.15) is 0 Å². The molecule has 1 aliphatic rings. The topological polar surface area (TPSA) is 52.0 Å². The van der Waals surface area contributed by atoms with Gasteiger partial charge in [0.2, 0.25) is 0 Å². The maximum atomic E-state index is 6.28. The van der Waals surface area contributed by atoms with Crippen molar-refractivity contribution in [3.05, 3.63) is 0 Å². The van der Waals surface area contributed by atoms with Crippen LogP contribution in [-0.2, 0) is 0 Å². The van der Waals surface area contributed by atoms with E-state index in [1.54, 1.807) is 0 Å². The third kappa shape index (κ3) is 1.99. The van der Waals surface area contributed by atoms with Crippen LogP contribution in [0.3, 0.4) is 0 Å². The summed E-state index contributed by atoms with van der Waals surface area (Å²) in [5.41, 5.74) is 12.3. The highest BCUT2D eigenvalue weighted by atomic mass is 14.9. The maximum Gasteiger partial charge on any atom is 0.0310 e. The van der Waals surface area contributed by atoms with E-state index in [-0.39, 0.29) is 11.6 Å². The van der Waals surface area contributed by atoms with E-state index >= 15 is 0 Å². The normalized spacial score (nSPS) is 25.8. The molecular weight excluding hydrogens is 148 g/mol. The van der Waals surface area contributed by atoms with E-state index in [4.69, 9.17) is 11.5 Å². The molecule has 72 valence electrons. The molecule has 0 aliphatic heterocycles. The highest BCUT2D eigenvalue weighted by Gasteiger charge is 2.35. The van der Waals surface area contributed by atoms with Crippen LogP contribution in [-0.4, -0.2) is 11.6 Å². The van der Waals surface area contributed by atoms with Gasteiger partial charge in [-0.3, -0.25) is 0 Å². The van der Waals surface area contributed by atoms with E-state index < -0.39 is 0 Å². The minimum Gasteiger partial charge on any atom is -0.326 e. The molecule has 0 bridgehead atoms. The Hall–Kier alpha value is -0.0800. The van der Waals surface area contributed by atoms with Crippen LogP contribution in [0.2, 0.25) is 0 Å². The van der Waals surface area contributed by atoms with Gasteiger partial charge in [0.1, 0.15) is 0 Å². The minimum atomic E-state index is -0.0631. The van der Waals surface area contributed by atoms with E-state index in [2.05, 4.69) is 13.8 Å². The fourth-order valence-electron chi connectivity index (χ4n) is 2.21. The molecule has 1 unspecified atom stereocenters. The van der Waals surface area contributed by atoms with Crippen molar-refractivity contribution in [2.75, 3.05) is 0 Å². The Morgan fingerprint density at radius 1 is 1.08 bits per heavy atom. The fourth-order valence-corrected chi connectivity index (χ4v) is 2.21. The number of rotatable bonds is 2. The summed E-state index contributed by atoms with van der Waals surface area (Å²) in [7, 11) is 0. The van der Waals surface area contributed by atoms with Crippen molar-refractivity contribution in [3.8, 4) is 0 Å². The van der Waals surface area contributed by atoms with Crippen LogP contribution in [0.15, 0.2) is 0 Å². The van der Waals surface area contributed by atoms with Crippen LogP contribution in [0, 0.1) is 5.92 Å². The third-order valence-corrected chi connectivity index (χ3v) is 3.17. The van der Waals surface area contributed by atoms with Gasteiger partial charge in [0.05, 0.1) is 0 Å². The van der Waals surface area contributed by atoms with Gasteiger partial charge in [-0.15, -0.1) is 0 Å². The molecule has 0 aromatic carbocycles. The average molecular weight is 170 g/mol. The van der Waals surface area contributed by atoms with Gasteiger partial charge in [0, 0.05) is 11.6 Å². The standard InChI is InChI=1S/C10H22N2/c1-8(2)9(11)10(12)6-4-3-5-7-10/h8-9H,3-7,11-12H2,1-2H3. The molecule has 0 radical (unpaired) electrons. The first-order valence-electron chi connectivity index (χ1n) is 5.11. The Balaban J connectivity index is 2.56. The summed E-state index contributed by atoms with van der Waals surface area (Å²) in [6.45, 7) is 4.32. The molecule has 0 heterocycles. The number of hydrogen-bond acceptors (Lipinski definition) is 2. The van der Waals surface area contributed by atoms with Gasteiger partial charge in [0.15, 0.2) is 0 Å². The Bertz CT molecular complexity index is 137. The summed E-state index contributed by atoms with van der Waals surface area (Å²) in [5.74, 6) is 0.507. The molecule has 1 aliphatic carbocycles. The second-order valence-corrected chi connectivity index (χ2v) is 4.56. The van der Waals surface area contributed by atoms with Crippen LogP contribution < -0.4 is 11.5 Å². The van der Waals surface area contributed by atoms with Gasteiger partial charge in [0.25, 0.3) is 0 Å². The fraction of sp³-hybridized carbons (Fsp3) is 1.00. The van der Waals surface area contributed by atoms with Crippen molar-refractivity contribution in [2.24, 2.45) is 17.4 Å². The van der Waals surface area contributed by atoms with E-state index in [9.17, 15) is 0 Å². The molecule has 4 N–H and O–H groups in total. The summed E-state index contributed by atoms with van der Waals surface area (Å²) in [5, 5.41) is 0. The lowest BCUT2D eigenvalue weighted by atomic mass is 9.74. The molecule has 1 saturated carbocycles. The van der Waals surface area contributed by atoms with Gasteiger partial charge in [-0.1, -0.05) is 33.1 Å². The molecule has 1 atom stereocenters. The first-order valence-corrected chi connectivity index (χ1v) is 5.11. The summed E-state index contributed by atoms with van der Waals surface area (Å²) in [6.07, 6.45) is 6.09. The smallest absolute Gasteiger partial charge is 0.0310 e. The van der Waals surface area contributed by atoms with E-state index in [1.807, 2.05) is 0 Å². The first kappa shape index (κ1) is 10.0. The van der Waals surface area contributed by atoms with Crippen LogP contribution >= 0.6 is 0 Å². The largest absolute Gasteiger partial charge is 0.326 e. The second-order valence-electron chi connectivity index (χ2n) is 4.56. The van der Waals surface area contributed by atoms with Crippen molar-refractivity contribution in [2.45, 2.75) is 57.5 Å². The van der Waals surface area contributed by atoms with Crippen molar-refractivity contribution < 1.29 is 0 Å². The zero-order valence-corrected chi connectivity index (χ0v) is 8.34. The summed E-state index contributed by atoms with van der Waals surface area (Å²) < 4.78 is 0. The van der Waals surface area contributed by atoms with Gasteiger partial charge < -0.3 is 11.5 Å². The number of nitrogens with two attached hydrogens (primary N) is 2. The maximum absolute atomic E-state index is 6.28. The minimum absolute atomic E-state index is 0.0631. The summed E-state index contributed by atoms with van der Waals surface area (Å²) >= 11 is 0. The summed E-state index contributed by atoms with van der Waals surface area (Å²) in [4.78, 5) is 0. The van der Waals surface area contributed by atoms with Crippen LogP contribution in [0.25, 0.3) is 0 Å². The highest BCUT2D eigenvalue weighted by Crippen LogP contribution is 2.30. The molecule has 0 aromatic heterocycles. The monoisotopic (exact) mass is 170 g/mol. The molecule has 0 amide bonds. The first-order chi connectivity index (χ1) is 5.56. The van der Waals surface area contributed by atoms with Crippen molar-refractivity contribution >= 4 is 0 Å². The van der Waals surface area contributed by atoms with Crippen molar-refractivity contribution in [1.29, 1.82) is 0 Å². The molecule has 1 fully saturated rings. The van der Waals surface area contributed by atoms with Gasteiger partial charge in [-0.25, -0.2) is 0 Å². The average Bonchev–Trinajstić information content (AvgIpc) is 2.04. The zero-order valence-electron chi connectivity index (χ0n) is 8.34. The molecule has 0 aromatic rings. The Labute approximate surface area is 75.7 Å².